The van der Waals surface area contributed by atoms with Crippen molar-refractivity contribution >= 4 is 34.6 Å². The second-order valence-electron chi connectivity index (χ2n) is 8.70. The van der Waals surface area contributed by atoms with Gasteiger partial charge in [-0.1, -0.05) is 34.9 Å². The molecule has 3 aliphatic rings. The predicted octanol–water partition coefficient (Wildman–Crippen LogP) is 4.20. The largest absolute Gasteiger partial charge is 0.381 e. The summed E-state index contributed by atoms with van der Waals surface area (Å²) in [6, 6.07) is 8.14. The lowest BCUT2D eigenvalue weighted by Gasteiger charge is -2.34. The van der Waals surface area contributed by atoms with Crippen LogP contribution < -0.4 is 5.32 Å². The standard InChI is InChI=1S/C22H29IN6O2/c1-15-4-6-16(7-5-15)12-24-27-21(30)28-14-19-18(22(28,2)3)13-29(23)20(26-19)25-17-8-10-31-11-9-17/h4-7,13,17,20,25H,8-12,14H2,1-3H3. The lowest BCUT2D eigenvalue weighted by molar-refractivity contribution is 0.0723. The third kappa shape index (κ3) is 4.98. The van der Waals surface area contributed by atoms with E-state index >= 15 is 0 Å². The highest BCUT2D eigenvalue weighted by atomic mass is 127. The van der Waals surface area contributed by atoms with Gasteiger partial charge in [-0.3, -0.25) is 8.43 Å². The highest BCUT2D eigenvalue weighted by Gasteiger charge is 2.46. The van der Waals surface area contributed by atoms with Crippen LogP contribution in [0.3, 0.4) is 0 Å². The van der Waals surface area contributed by atoms with E-state index in [1.54, 1.807) is 4.90 Å². The van der Waals surface area contributed by atoms with Gasteiger partial charge in [0.15, 0.2) is 6.29 Å². The number of carbonyl (C=O) groups is 1. The molecule has 9 heteroatoms. The molecule has 1 unspecified atom stereocenters. The number of azo groups is 1. The molecule has 0 aliphatic carbocycles. The first-order chi connectivity index (χ1) is 14.8. The maximum atomic E-state index is 12.9. The first-order valence-electron chi connectivity index (χ1n) is 10.7. The molecule has 3 heterocycles. The van der Waals surface area contributed by atoms with Crippen molar-refractivity contribution in [3.63, 3.8) is 0 Å². The lowest BCUT2D eigenvalue weighted by atomic mass is 9.94. The number of fused-ring (bicyclic) bond motifs is 1. The average molecular weight is 536 g/mol. The van der Waals surface area contributed by atoms with Crippen LogP contribution in [0, 0.1) is 6.92 Å². The van der Waals surface area contributed by atoms with E-state index in [0.717, 1.165) is 42.9 Å². The fourth-order valence-corrected chi connectivity index (χ4v) is 4.65. The van der Waals surface area contributed by atoms with Crippen LogP contribution in [0.2, 0.25) is 0 Å². The van der Waals surface area contributed by atoms with Gasteiger partial charge in [0, 0.05) is 31.0 Å². The van der Waals surface area contributed by atoms with Gasteiger partial charge < -0.3 is 9.64 Å². The van der Waals surface area contributed by atoms with Crippen molar-refractivity contribution in [1.29, 1.82) is 0 Å². The summed E-state index contributed by atoms with van der Waals surface area (Å²) in [7, 11) is 0. The Kier molecular flexibility index (Phi) is 6.73. The summed E-state index contributed by atoms with van der Waals surface area (Å²) in [5, 5.41) is 11.7. The van der Waals surface area contributed by atoms with Crippen LogP contribution in [0.5, 0.6) is 0 Å². The number of hydrogen-bond donors (Lipinski definition) is 1. The smallest absolute Gasteiger partial charge is 0.362 e. The summed E-state index contributed by atoms with van der Waals surface area (Å²) >= 11 is 2.27. The molecule has 4 rings (SSSR count). The monoisotopic (exact) mass is 536 g/mol. The molecular formula is C22H29IN6O2. The molecule has 0 radical (unpaired) electrons. The third-order valence-electron chi connectivity index (χ3n) is 6.08. The number of nitrogens with one attached hydrogen (secondary N) is 1. The van der Waals surface area contributed by atoms with E-state index in [0.29, 0.717) is 19.1 Å². The molecule has 31 heavy (non-hydrogen) atoms. The lowest BCUT2D eigenvalue weighted by Crippen LogP contribution is -2.47. The van der Waals surface area contributed by atoms with Crippen molar-refractivity contribution in [3.05, 3.63) is 47.2 Å². The Morgan fingerprint density at radius 3 is 2.71 bits per heavy atom. The van der Waals surface area contributed by atoms with Crippen LogP contribution in [0.4, 0.5) is 4.79 Å². The van der Waals surface area contributed by atoms with Gasteiger partial charge >= 0.3 is 6.03 Å². The SMILES string of the molecule is Cc1ccc(CN=NC(=O)N2CC3=NC(NC4CCOCC4)N(I)C=C3C2(C)C)cc1. The topological polar surface area (TPSA) is 81.9 Å². The number of carbonyl (C=O) groups excluding carboxylic acids is 1. The molecule has 0 aromatic heterocycles. The molecule has 1 aromatic carbocycles. The number of nitrogens with zero attached hydrogens (tertiary/aromatic N) is 5. The van der Waals surface area contributed by atoms with Gasteiger partial charge in [0.05, 0.1) is 47.2 Å². The van der Waals surface area contributed by atoms with Gasteiger partial charge in [-0.15, -0.1) is 0 Å². The number of aliphatic imine (C=N–C) groups is 1. The number of ether oxygens (including phenoxy) is 1. The molecule has 2 saturated heterocycles. The second kappa shape index (κ2) is 9.33. The Balaban J connectivity index is 1.43. The Hall–Kier alpha value is -1.85. The second-order valence-corrected chi connectivity index (χ2v) is 9.82. The van der Waals surface area contributed by atoms with E-state index in [1.807, 2.05) is 45.0 Å². The highest BCUT2D eigenvalue weighted by molar-refractivity contribution is 14.1. The molecule has 8 nitrogen and oxygen atoms in total. The summed E-state index contributed by atoms with van der Waals surface area (Å²) in [6.45, 7) is 8.51. The van der Waals surface area contributed by atoms with E-state index in [1.165, 1.54) is 5.56 Å². The van der Waals surface area contributed by atoms with Crippen LogP contribution in [0.25, 0.3) is 0 Å². The number of halogens is 1. The zero-order chi connectivity index (χ0) is 22.0. The summed E-state index contributed by atoms with van der Waals surface area (Å²) in [4.78, 5) is 19.5. The molecule has 0 spiro atoms. The summed E-state index contributed by atoms with van der Waals surface area (Å²) in [6.07, 6.45) is 3.92. The van der Waals surface area contributed by atoms with E-state index in [-0.39, 0.29) is 12.3 Å². The number of aryl methyl sites for hydroxylation is 1. The molecular weight excluding hydrogens is 507 g/mol. The van der Waals surface area contributed by atoms with Gasteiger partial charge in [-0.2, -0.15) is 5.11 Å². The van der Waals surface area contributed by atoms with Crippen LogP contribution in [-0.4, -0.2) is 57.4 Å². The minimum atomic E-state index is -0.494. The Morgan fingerprint density at radius 2 is 2.00 bits per heavy atom. The Bertz CT molecular complexity index is 905. The number of hydrogen-bond acceptors (Lipinski definition) is 6. The number of likely N-dealkylation sites (tertiary alicyclic amines) is 1. The van der Waals surface area contributed by atoms with Crippen molar-refractivity contribution in [2.75, 3.05) is 19.8 Å². The summed E-state index contributed by atoms with van der Waals surface area (Å²) < 4.78 is 7.51. The van der Waals surface area contributed by atoms with Crippen molar-refractivity contribution in [2.45, 2.75) is 58.0 Å². The third-order valence-corrected chi connectivity index (χ3v) is 6.89. The summed E-state index contributed by atoms with van der Waals surface area (Å²) in [5.41, 5.74) is 3.72. The van der Waals surface area contributed by atoms with Crippen molar-refractivity contribution < 1.29 is 9.53 Å². The number of rotatable bonds is 4. The molecule has 1 atom stereocenters. The molecule has 1 aromatic rings. The van der Waals surface area contributed by atoms with Crippen molar-refractivity contribution in [1.82, 2.24) is 13.3 Å². The molecule has 166 valence electrons. The molecule has 2 amide bonds. The minimum Gasteiger partial charge on any atom is -0.381 e. The van der Waals surface area contributed by atoms with Crippen molar-refractivity contribution in [3.8, 4) is 0 Å². The fourth-order valence-electron chi connectivity index (χ4n) is 4.09. The Morgan fingerprint density at radius 1 is 1.29 bits per heavy atom. The van der Waals surface area contributed by atoms with E-state index in [4.69, 9.17) is 9.73 Å². The van der Waals surface area contributed by atoms with Gasteiger partial charge in [-0.25, -0.2) is 9.79 Å². The van der Waals surface area contributed by atoms with Gasteiger partial charge in [0.2, 0.25) is 0 Å². The minimum absolute atomic E-state index is 0.142. The fraction of sp³-hybridized carbons (Fsp3) is 0.545. The van der Waals surface area contributed by atoms with Gasteiger partial charge in [-0.05, 0) is 39.2 Å². The van der Waals surface area contributed by atoms with Crippen LogP contribution >= 0.6 is 22.9 Å². The Labute approximate surface area is 197 Å². The normalized spacial score (nSPS) is 23.7. The van der Waals surface area contributed by atoms with Crippen LogP contribution in [0.15, 0.2) is 51.3 Å². The number of urea groups is 1. The molecule has 3 aliphatic heterocycles. The van der Waals surface area contributed by atoms with Crippen LogP contribution in [0.1, 0.15) is 37.8 Å². The van der Waals surface area contributed by atoms with Gasteiger partial charge in [0.25, 0.3) is 0 Å². The van der Waals surface area contributed by atoms with Gasteiger partial charge in [0.1, 0.15) is 0 Å². The van der Waals surface area contributed by atoms with Crippen molar-refractivity contribution in [2.24, 2.45) is 15.2 Å². The first-order valence-corrected chi connectivity index (χ1v) is 11.6. The number of benzene rings is 1. The maximum Gasteiger partial charge on any atom is 0.362 e. The van der Waals surface area contributed by atoms with Crippen LogP contribution in [-0.2, 0) is 11.3 Å². The zero-order valence-corrected chi connectivity index (χ0v) is 20.4. The van der Waals surface area contributed by atoms with E-state index in [9.17, 15) is 4.79 Å². The van der Waals surface area contributed by atoms with E-state index in [2.05, 4.69) is 47.7 Å². The zero-order valence-electron chi connectivity index (χ0n) is 18.2. The molecule has 1 N–H and O–H groups in total. The molecule has 0 saturated carbocycles. The molecule has 2 fully saturated rings. The number of amides is 2. The quantitative estimate of drug-likeness (QED) is 0.355. The molecule has 0 bridgehead atoms. The summed E-state index contributed by atoms with van der Waals surface area (Å²) in [5.74, 6) is 0. The first kappa shape index (κ1) is 22.3. The predicted molar refractivity (Wildman–Crippen MR) is 128 cm³/mol. The van der Waals surface area contributed by atoms with E-state index < -0.39 is 5.54 Å². The highest BCUT2D eigenvalue weighted by Crippen LogP contribution is 2.36. The average Bonchev–Trinajstić information content (AvgIpc) is 3.00. The maximum absolute atomic E-state index is 12.9.